The number of unbranched alkanes of at least 4 members (excludes halogenated alkanes) is 2. The molecule has 0 saturated heterocycles. The third-order valence-electron chi connectivity index (χ3n) is 6.19. The summed E-state index contributed by atoms with van der Waals surface area (Å²) in [5.74, 6) is 2.24. The average Bonchev–Trinajstić information content (AvgIpc) is 2.89. The molecule has 2 aliphatic carbocycles. The summed E-state index contributed by atoms with van der Waals surface area (Å²) in [5.41, 5.74) is 1.03. The van der Waals surface area contributed by atoms with E-state index in [0.29, 0.717) is 16.7 Å². The fourth-order valence-electron chi connectivity index (χ4n) is 4.67. The molecular formula is C18H32O. The second-order valence-electron chi connectivity index (χ2n) is 8.18. The van der Waals surface area contributed by atoms with E-state index in [9.17, 15) is 4.79 Å². The first-order chi connectivity index (χ1) is 8.93. The number of aldehydes is 1. The number of carbonyl (C=O) groups excluding carboxylic acids is 1. The zero-order chi connectivity index (χ0) is 14.1. The van der Waals surface area contributed by atoms with Crippen molar-refractivity contribution in [3.63, 3.8) is 0 Å². The van der Waals surface area contributed by atoms with E-state index >= 15 is 0 Å². The van der Waals surface area contributed by atoms with Crippen molar-refractivity contribution < 1.29 is 4.79 Å². The van der Waals surface area contributed by atoms with E-state index in [1.807, 2.05) is 0 Å². The average molecular weight is 264 g/mol. The first-order valence-corrected chi connectivity index (χ1v) is 8.38. The fourth-order valence-corrected chi connectivity index (χ4v) is 4.67. The maximum Gasteiger partial charge on any atom is 0.123 e. The molecule has 0 heterocycles. The Hall–Kier alpha value is -0.330. The van der Waals surface area contributed by atoms with Crippen LogP contribution in [0.4, 0.5) is 0 Å². The highest BCUT2D eigenvalue weighted by Crippen LogP contribution is 2.68. The SMILES string of the molecule is CCCCCC(C=O)CC1(C)CCC2C(C1)C2(C)C. The molecule has 0 N–H and O–H groups in total. The summed E-state index contributed by atoms with van der Waals surface area (Å²) in [6.07, 6.45) is 11.4. The minimum Gasteiger partial charge on any atom is -0.303 e. The minimum absolute atomic E-state index is 0.315. The number of rotatable bonds is 7. The normalized spacial score (nSPS) is 37.5. The molecule has 2 fully saturated rings. The van der Waals surface area contributed by atoms with Gasteiger partial charge in [-0.1, -0.05) is 47.0 Å². The van der Waals surface area contributed by atoms with Crippen LogP contribution in [0.1, 0.15) is 79.1 Å². The highest BCUT2D eigenvalue weighted by molar-refractivity contribution is 5.53. The largest absolute Gasteiger partial charge is 0.303 e. The summed E-state index contributed by atoms with van der Waals surface area (Å²) < 4.78 is 0. The zero-order valence-corrected chi connectivity index (χ0v) is 13.4. The Morgan fingerprint density at radius 1 is 1.21 bits per heavy atom. The molecule has 0 aromatic rings. The predicted molar refractivity (Wildman–Crippen MR) is 81.0 cm³/mol. The van der Waals surface area contributed by atoms with Crippen molar-refractivity contribution in [3.8, 4) is 0 Å². The van der Waals surface area contributed by atoms with Gasteiger partial charge in [0.25, 0.3) is 0 Å². The summed E-state index contributed by atoms with van der Waals surface area (Å²) in [5, 5.41) is 0. The Morgan fingerprint density at radius 2 is 1.95 bits per heavy atom. The quantitative estimate of drug-likeness (QED) is 0.454. The summed E-state index contributed by atoms with van der Waals surface area (Å²) in [7, 11) is 0. The lowest BCUT2D eigenvalue weighted by atomic mass is 9.70. The van der Waals surface area contributed by atoms with Crippen molar-refractivity contribution in [3.05, 3.63) is 0 Å². The molecule has 0 aromatic carbocycles. The van der Waals surface area contributed by atoms with E-state index in [1.54, 1.807) is 0 Å². The molecule has 1 nitrogen and oxygen atoms in total. The van der Waals surface area contributed by atoms with Gasteiger partial charge < -0.3 is 4.79 Å². The molecule has 4 atom stereocenters. The van der Waals surface area contributed by atoms with E-state index in [4.69, 9.17) is 0 Å². The van der Waals surface area contributed by atoms with Gasteiger partial charge in [-0.05, 0) is 54.8 Å². The van der Waals surface area contributed by atoms with Crippen LogP contribution in [0.2, 0.25) is 0 Å². The van der Waals surface area contributed by atoms with Gasteiger partial charge in [0.05, 0.1) is 0 Å². The topological polar surface area (TPSA) is 17.1 Å². The van der Waals surface area contributed by atoms with Gasteiger partial charge in [-0.15, -0.1) is 0 Å². The van der Waals surface area contributed by atoms with Gasteiger partial charge in [-0.3, -0.25) is 0 Å². The van der Waals surface area contributed by atoms with Crippen molar-refractivity contribution in [2.75, 3.05) is 0 Å². The molecule has 1 heteroatoms. The lowest BCUT2D eigenvalue weighted by Crippen LogP contribution is -2.25. The third-order valence-corrected chi connectivity index (χ3v) is 6.19. The fraction of sp³-hybridized carbons (Fsp3) is 0.944. The van der Waals surface area contributed by atoms with Crippen LogP contribution >= 0.6 is 0 Å². The Bertz CT molecular complexity index is 320. The highest BCUT2D eigenvalue weighted by Gasteiger charge is 2.61. The number of hydrogen-bond donors (Lipinski definition) is 0. The van der Waals surface area contributed by atoms with E-state index in [2.05, 4.69) is 27.7 Å². The predicted octanol–water partition coefficient (Wildman–Crippen LogP) is 5.23. The summed E-state index contributed by atoms with van der Waals surface area (Å²) in [4.78, 5) is 11.3. The van der Waals surface area contributed by atoms with E-state index < -0.39 is 0 Å². The van der Waals surface area contributed by atoms with Gasteiger partial charge in [0.2, 0.25) is 0 Å². The molecular weight excluding hydrogens is 232 g/mol. The van der Waals surface area contributed by atoms with Crippen molar-refractivity contribution in [2.24, 2.45) is 28.6 Å². The molecule has 0 amide bonds. The summed E-state index contributed by atoms with van der Waals surface area (Å²) in [6, 6.07) is 0. The van der Waals surface area contributed by atoms with Gasteiger partial charge in [-0.25, -0.2) is 0 Å². The number of hydrogen-bond acceptors (Lipinski definition) is 1. The van der Waals surface area contributed by atoms with Crippen LogP contribution in [-0.4, -0.2) is 6.29 Å². The molecule has 4 unspecified atom stereocenters. The second kappa shape index (κ2) is 5.58. The lowest BCUT2D eigenvalue weighted by molar-refractivity contribution is -0.112. The van der Waals surface area contributed by atoms with Crippen LogP contribution in [0, 0.1) is 28.6 Å². The van der Waals surface area contributed by atoms with E-state index in [-0.39, 0.29) is 0 Å². The third kappa shape index (κ3) is 3.23. The molecule has 2 aliphatic rings. The van der Waals surface area contributed by atoms with Crippen molar-refractivity contribution in [1.29, 1.82) is 0 Å². The highest BCUT2D eigenvalue weighted by atomic mass is 16.1. The Kier molecular flexibility index (Phi) is 4.42. The van der Waals surface area contributed by atoms with Crippen LogP contribution in [0.15, 0.2) is 0 Å². The van der Waals surface area contributed by atoms with E-state index in [1.165, 1.54) is 44.8 Å². The van der Waals surface area contributed by atoms with Crippen molar-refractivity contribution >= 4 is 6.29 Å². The van der Waals surface area contributed by atoms with Crippen LogP contribution in [0.25, 0.3) is 0 Å². The van der Waals surface area contributed by atoms with Crippen LogP contribution < -0.4 is 0 Å². The number of fused-ring (bicyclic) bond motifs is 1. The monoisotopic (exact) mass is 264 g/mol. The van der Waals surface area contributed by atoms with Crippen LogP contribution in [0.5, 0.6) is 0 Å². The summed E-state index contributed by atoms with van der Waals surface area (Å²) in [6.45, 7) is 9.54. The van der Waals surface area contributed by atoms with Crippen LogP contribution in [-0.2, 0) is 4.79 Å². The molecule has 0 aliphatic heterocycles. The zero-order valence-electron chi connectivity index (χ0n) is 13.4. The van der Waals surface area contributed by atoms with Crippen molar-refractivity contribution in [2.45, 2.75) is 79.1 Å². The number of carbonyl (C=O) groups is 1. The van der Waals surface area contributed by atoms with Gasteiger partial charge in [-0.2, -0.15) is 0 Å². The molecule has 110 valence electrons. The maximum absolute atomic E-state index is 11.3. The molecule has 0 spiro atoms. The Morgan fingerprint density at radius 3 is 2.53 bits per heavy atom. The van der Waals surface area contributed by atoms with Crippen molar-refractivity contribution in [1.82, 2.24) is 0 Å². The standard InChI is InChI=1S/C18H32O/c1-5-6-7-8-14(13-19)11-18(4)10-9-15-16(12-18)17(15,2)3/h13-16H,5-12H2,1-4H3. The van der Waals surface area contributed by atoms with Gasteiger partial charge in [0.15, 0.2) is 0 Å². The summed E-state index contributed by atoms with van der Waals surface area (Å²) >= 11 is 0. The molecule has 0 bridgehead atoms. The molecule has 19 heavy (non-hydrogen) atoms. The smallest absolute Gasteiger partial charge is 0.123 e. The molecule has 0 radical (unpaired) electrons. The molecule has 2 rings (SSSR count). The van der Waals surface area contributed by atoms with Gasteiger partial charge >= 0.3 is 0 Å². The second-order valence-corrected chi connectivity index (χ2v) is 8.18. The van der Waals surface area contributed by atoms with Gasteiger partial charge in [0.1, 0.15) is 6.29 Å². The van der Waals surface area contributed by atoms with E-state index in [0.717, 1.165) is 24.7 Å². The van der Waals surface area contributed by atoms with Gasteiger partial charge in [0, 0.05) is 5.92 Å². The molecule has 0 aromatic heterocycles. The first-order valence-electron chi connectivity index (χ1n) is 8.38. The lowest BCUT2D eigenvalue weighted by Gasteiger charge is -2.35. The Balaban J connectivity index is 1.85. The molecule has 2 saturated carbocycles. The first kappa shape index (κ1) is 15.1. The minimum atomic E-state index is 0.315. The maximum atomic E-state index is 11.3. The van der Waals surface area contributed by atoms with Crippen LogP contribution in [0.3, 0.4) is 0 Å². The Labute approximate surface area is 119 Å².